The predicted molar refractivity (Wildman–Crippen MR) is 155 cm³/mol. The summed E-state index contributed by atoms with van der Waals surface area (Å²) < 4.78 is 0. The molecule has 0 saturated carbocycles. The summed E-state index contributed by atoms with van der Waals surface area (Å²) in [7, 11) is 0. The molecule has 0 aliphatic rings. The lowest BCUT2D eigenvalue weighted by Gasteiger charge is -2.40. The fourth-order valence-electron chi connectivity index (χ4n) is 4.17. The number of benzene rings is 2. The van der Waals surface area contributed by atoms with Crippen LogP contribution >= 0.6 is 0 Å². The zero-order chi connectivity index (χ0) is 27.9. The van der Waals surface area contributed by atoms with E-state index in [2.05, 4.69) is 77.8 Å². The molecule has 2 aromatic carbocycles. The average molecular weight is 508 g/mol. The second-order valence-corrected chi connectivity index (χ2v) is 13.2. The SMILES string of the molecule is CC(C)(C)NC[C@@H](CN(C[C@H](CNC(C)(C)C)C(=O)c1ccccc1)C(C)(C)C)C(=O)c1ccccc1. The van der Waals surface area contributed by atoms with Crippen molar-refractivity contribution >= 4 is 11.6 Å². The zero-order valence-corrected chi connectivity index (χ0v) is 24.5. The van der Waals surface area contributed by atoms with Crippen LogP contribution in [0.15, 0.2) is 60.7 Å². The van der Waals surface area contributed by atoms with Crippen molar-refractivity contribution in [2.75, 3.05) is 26.2 Å². The second-order valence-electron chi connectivity index (χ2n) is 13.2. The fraction of sp³-hybridized carbons (Fsp3) is 0.562. The summed E-state index contributed by atoms with van der Waals surface area (Å²) in [5.41, 5.74) is 1.01. The Bertz CT molecular complexity index is 907. The minimum absolute atomic E-state index is 0.107. The smallest absolute Gasteiger partial charge is 0.168 e. The lowest BCUT2D eigenvalue weighted by molar-refractivity contribution is 0.0640. The molecule has 0 fully saturated rings. The fourth-order valence-corrected chi connectivity index (χ4v) is 4.17. The molecule has 2 rings (SSSR count). The molecule has 0 amide bonds. The van der Waals surface area contributed by atoms with Gasteiger partial charge in [-0.05, 0) is 62.3 Å². The predicted octanol–water partition coefficient (Wildman–Crippen LogP) is 5.86. The highest BCUT2D eigenvalue weighted by Gasteiger charge is 2.33. The lowest BCUT2D eigenvalue weighted by atomic mass is 9.90. The lowest BCUT2D eigenvalue weighted by Crippen LogP contribution is -2.53. The standard InChI is InChI=1S/C32H49N3O2/c1-30(2,3)33-20-26(28(36)24-16-12-10-13-17-24)22-35(32(7,8)9)23-27(21-34-31(4,5)6)29(37)25-18-14-11-15-19-25/h10-19,26-27,33-34H,20-23H2,1-9H3/t26-,27-/m0/s1. The Hall–Kier alpha value is -2.34. The first-order chi connectivity index (χ1) is 17.1. The van der Waals surface area contributed by atoms with Gasteiger partial charge in [-0.15, -0.1) is 0 Å². The van der Waals surface area contributed by atoms with Gasteiger partial charge >= 0.3 is 0 Å². The van der Waals surface area contributed by atoms with Gasteiger partial charge < -0.3 is 10.6 Å². The summed E-state index contributed by atoms with van der Waals surface area (Å²) in [4.78, 5) is 29.7. The van der Waals surface area contributed by atoms with Crippen molar-refractivity contribution in [3.8, 4) is 0 Å². The van der Waals surface area contributed by atoms with Crippen LogP contribution in [0.3, 0.4) is 0 Å². The van der Waals surface area contributed by atoms with E-state index in [1.165, 1.54) is 0 Å². The highest BCUT2D eigenvalue weighted by atomic mass is 16.1. The van der Waals surface area contributed by atoms with E-state index < -0.39 is 0 Å². The van der Waals surface area contributed by atoms with Crippen molar-refractivity contribution in [3.63, 3.8) is 0 Å². The van der Waals surface area contributed by atoms with Crippen molar-refractivity contribution in [2.24, 2.45) is 11.8 Å². The molecule has 0 aliphatic carbocycles. The number of Topliss-reactive ketones (excluding diaryl/α,β-unsaturated/α-hetero) is 2. The normalized spacial score (nSPS) is 14.4. The topological polar surface area (TPSA) is 61.4 Å². The van der Waals surface area contributed by atoms with Crippen molar-refractivity contribution < 1.29 is 9.59 Å². The Morgan fingerprint density at radius 3 is 1.22 bits per heavy atom. The molecule has 204 valence electrons. The number of rotatable bonds is 12. The minimum Gasteiger partial charge on any atom is -0.311 e. The molecule has 5 heteroatoms. The molecule has 0 unspecified atom stereocenters. The summed E-state index contributed by atoms with van der Waals surface area (Å²) in [5, 5.41) is 7.10. The van der Waals surface area contributed by atoms with Gasteiger partial charge in [0.05, 0.1) is 0 Å². The van der Waals surface area contributed by atoms with Gasteiger partial charge in [0.15, 0.2) is 11.6 Å². The quantitative estimate of drug-likeness (QED) is 0.352. The van der Waals surface area contributed by atoms with Crippen molar-refractivity contribution in [3.05, 3.63) is 71.8 Å². The number of nitrogens with one attached hydrogen (secondary N) is 2. The first-order valence-corrected chi connectivity index (χ1v) is 13.5. The van der Waals surface area contributed by atoms with Crippen LogP contribution in [0.2, 0.25) is 0 Å². The maximum Gasteiger partial charge on any atom is 0.168 e. The van der Waals surface area contributed by atoms with E-state index in [-0.39, 0.29) is 40.0 Å². The van der Waals surface area contributed by atoms with Gasteiger partial charge in [0.1, 0.15) is 0 Å². The summed E-state index contributed by atoms with van der Waals surface area (Å²) in [6, 6.07) is 19.1. The Morgan fingerprint density at radius 1 is 0.622 bits per heavy atom. The van der Waals surface area contributed by atoms with E-state index in [1.807, 2.05) is 60.7 Å². The van der Waals surface area contributed by atoms with Gasteiger partial charge in [0.25, 0.3) is 0 Å². The summed E-state index contributed by atoms with van der Waals surface area (Å²) in [5.74, 6) is -0.233. The highest BCUT2D eigenvalue weighted by molar-refractivity contribution is 5.99. The van der Waals surface area contributed by atoms with Crippen LogP contribution in [0.1, 0.15) is 83.0 Å². The van der Waals surface area contributed by atoms with E-state index in [4.69, 9.17) is 0 Å². The maximum atomic E-state index is 13.7. The molecule has 0 radical (unpaired) electrons. The third kappa shape index (κ3) is 10.9. The van der Waals surface area contributed by atoms with Crippen LogP contribution < -0.4 is 10.6 Å². The number of carbonyl (C=O) groups excluding carboxylic acids is 2. The Balaban J connectivity index is 2.37. The summed E-state index contributed by atoms with van der Waals surface area (Å²) >= 11 is 0. The summed E-state index contributed by atoms with van der Waals surface area (Å²) in [6.45, 7) is 21.5. The monoisotopic (exact) mass is 507 g/mol. The van der Waals surface area contributed by atoms with Gasteiger partial charge in [-0.3, -0.25) is 14.5 Å². The Labute approximate surface area is 225 Å². The van der Waals surface area contributed by atoms with E-state index in [9.17, 15) is 9.59 Å². The average Bonchev–Trinajstić information content (AvgIpc) is 2.81. The first-order valence-electron chi connectivity index (χ1n) is 13.5. The molecular weight excluding hydrogens is 458 g/mol. The van der Waals surface area contributed by atoms with Crippen molar-refractivity contribution in [2.45, 2.75) is 78.9 Å². The third-order valence-corrected chi connectivity index (χ3v) is 6.45. The molecule has 0 aromatic heterocycles. The Kier molecular flexibility index (Phi) is 10.8. The Morgan fingerprint density at radius 2 is 0.946 bits per heavy atom. The van der Waals surface area contributed by atoms with Crippen LogP contribution in [0, 0.1) is 11.8 Å². The van der Waals surface area contributed by atoms with E-state index >= 15 is 0 Å². The van der Waals surface area contributed by atoms with Crippen LogP contribution in [0.5, 0.6) is 0 Å². The molecular formula is C32H49N3O2. The number of carbonyl (C=O) groups is 2. The zero-order valence-electron chi connectivity index (χ0n) is 24.5. The molecule has 2 aromatic rings. The van der Waals surface area contributed by atoms with Crippen LogP contribution in [-0.4, -0.2) is 59.3 Å². The third-order valence-electron chi connectivity index (χ3n) is 6.45. The van der Waals surface area contributed by atoms with E-state index in [0.717, 1.165) is 11.1 Å². The van der Waals surface area contributed by atoms with E-state index in [0.29, 0.717) is 26.2 Å². The van der Waals surface area contributed by atoms with Crippen LogP contribution in [-0.2, 0) is 0 Å². The van der Waals surface area contributed by atoms with Crippen molar-refractivity contribution in [1.82, 2.24) is 15.5 Å². The largest absolute Gasteiger partial charge is 0.311 e. The van der Waals surface area contributed by atoms with Gasteiger partial charge in [0.2, 0.25) is 0 Å². The molecule has 2 N–H and O–H groups in total. The molecule has 2 atom stereocenters. The summed E-state index contributed by atoms with van der Waals surface area (Å²) in [6.07, 6.45) is 0. The minimum atomic E-state index is -0.246. The second kappa shape index (κ2) is 12.9. The number of hydrogen-bond donors (Lipinski definition) is 2. The maximum absolute atomic E-state index is 13.7. The molecule has 0 heterocycles. The molecule has 0 saturated heterocycles. The molecule has 5 nitrogen and oxygen atoms in total. The molecule has 0 bridgehead atoms. The van der Waals surface area contributed by atoms with Crippen molar-refractivity contribution in [1.29, 1.82) is 0 Å². The van der Waals surface area contributed by atoms with Gasteiger partial charge in [0, 0.05) is 65.8 Å². The molecule has 0 spiro atoms. The van der Waals surface area contributed by atoms with E-state index in [1.54, 1.807) is 0 Å². The first kappa shape index (κ1) is 30.9. The van der Waals surface area contributed by atoms with Gasteiger partial charge in [-0.2, -0.15) is 0 Å². The number of nitrogens with zero attached hydrogens (tertiary/aromatic N) is 1. The highest BCUT2D eigenvalue weighted by Crippen LogP contribution is 2.22. The number of ketones is 2. The number of hydrogen-bond acceptors (Lipinski definition) is 5. The molecule has 0 aliphatic heterocycles. The van der Waals surface area contributed by atoms with Gasteiger partial charge in [-0.25, -0.2) is 0 Å². The van der Waals surface area contributed by atoms with Crippen LogP contribution in [0.4, 0.5) is 0 Å². The van der Waals surface area contributed by atoms with Gasteiger partial charge in [-0.1, -0.05) is 60.7 Å². The van der Waals surface area contributed by atoms with Crippen LogP contribution in [0.25, 0.3) is 0 Å². The molecule has 37 heavy (non-hydrogen) atoms.